The van der Waals surface area contributed by atoms with Gasteiger partial charge in [0.05, 0.1) is 29.2 Å². The monoisotopic (exact) mass is 995 g/mol. The fourth-order valence-electron chi connectivity index (χ4n) is 9.57. The first-order valence-electron chi connectivity index (χ1n) is 23.6. The van der Waals surface area contributed by atoms with Crippen LogP contribution >= 0.6 is 22.9 Å². The van der Waals surface area contributed by atoms with Gasteiger partial charge in [-0.15, -0.1) is 21.5 Å². The zero-order valence-corrected chi connectivity index (χ0v) is 42.8. The van der Waals surface area contributed by atoms with Crippen LogP contribution in [-0.4, -0.2) is 100 Å². The van der Waals surface area contributed by atoms with E-state index in [-0.39, 0.29) is 66.0 Å². The minimum atomic E-state index is -3.31. The highest BCUT2D eigenvalue weighted by molar-refractivity contribution is 7.90. The van der Waals surface area contributed by atoms with Crippen molar-refractivity contribution in [2.45, 2.75) is 128 Å². The molecule has 4 heterocycles. The molecule has 0 bridgehead atoms. The number of rotatable bonds is 16. The van der Waals surface area contributed by atoms with Crippen molar-refractivity contribution in [2.24, 2.45) is 16.3 Å². The van der Waals surface area contributed by atoms with Crippen LogP contribution in [0.3, 0.4) is 0 Å². The van der Waals surface area contributed by atoms with E-state index in [1.807, 2.05) is 83.1 Å². The topological polar surface area (TPSA) is 185 Å². The number of Topliss-reactive ketones (excluding diaryl/α,β-unsaturated/α-hetero) is 1. The van der Waals surface area contributed by atoms with Crippen molar-refractivity contribution in [3.05, 3.63) is 122 Å². The quantitative estimate of drug-likeness (QED) is 0.0882. The zero-order valence-electron chi connectivity index (χ0n) is 40.5. The van der Waals surface area contributed by atoms with Gasteiger partial charge in [-0.05, 0) is 111 Å². The summed E-state index contributed by atoms with van der Waals surface area (Å²) in [5.74, 6) is 1.85. The lowest BCUT2D eigenvalue weighted by Crippen LogP contribution is -2.57. The van der Waals surface area contributed by atoms with E-state index in [1.54, 1.807) is 40.5 Å². The van der Waals surface area contributed by atoms with Gasteiger partial charge in [0, 0.05) is 65.3 Å². The zero-order chi connectivity index (χ0) is 49.5. The normalized spacial score (nSPS) is 21.0. The number of aliphatic hydroxyl groups is 1. The summed E-state index contributed by atoms with van der Waals surface area (Å²) in [4.78, 5) is 49.8. The maximum absolute atomic E-state index is 14.2. The molecule has 1 saturated carbocycles. The number of nitrogens with one attached hydrogen (secondary N) is 2. The van der Waals surface area contributed by atoms with Crippen LogP contribution in [0.2, 0.25) is 5.02 Å². The van der Waals surface area contributed by atoms with Gasteiger partial charge in [0.2, 0.25) is 11.8 Å². The molecule has 8 rings (SSSR count). The highest BCUT2D eigenvalue weighted by Gasteiger charge is 2.42. The summed E-state index contributed by atoms with van der Waals surface area (Å²) in [6, 6.07) is 20.0. The Labute approximate surface area is 413 Å². The highest BCUT2D eigenvalue weighted by Crippen LogP contribution is 2.41. The predicted molar refractivity (Wildman–Crippen MR) is 268 cm³/mol. The number of aryl methyl sites for hydroxylation is 2. The molecule has 3 N–H and O–H groups in total. The fourth-order valence-corrected chi connectivity index (χ4v) is 11.5. The summed E-state index contributed by atoms with van der Waals surface area (Å²) in [6.07, 6.45) is 3.02. The van der Waals surface area contributed by atoms with Gasteiger partial charge in [-0.3, -0.25) is 23.9 Å². The second kappa shape index (κ2) is 20.2. The number of thiophene rings is 1. The average Bonchev–Trinajstić information content (AvgIpc) is 3.92. The lowest BCUT2D eigenvalue weighted by molar-refractivity contribution is -0.140. The summed E-state index contributed by atoms with van der Waals surface area (Å²) < 4.78 is 32.2. The number of halogens is 1. The Morgan fingerprint density at radius 3 is 2.28 bits per heavy atom. The number of likely N-dealkylation sites (tertiary alicyclic amines) is 1. The molecule has 2 aliphatic heterocycles. The van der Waals surface area contributed by atoms with Crippen LogP contribution in [-0.2, 0) is 30.6 Å². The molecule has 17 heteroatoms. The molecule has 1 saturated heterocycles. The molecule has 3 aliphatic rings. The third kappa shape index (κ3) is 11.4. The lowest BCUT2D eigenvalue weighted by Gasteiger charge is -2.36. The van der Waals surface area contributed by atoms with Gasteiger partial charge >= 0.3 is 0 Å². The van der Waals surface area contributed by atoms with Crippen molar-refractivity contribution in [3.8, 4) is 10.8 Å². The van der Waals surface area contributed by atoms with Gasteiger partial charge in [-0.25, -0.2) is 8.42 Å². The molecule has 1 aliphatic carbocycles. The second-order valence-electron chi connectivity index (χ2n) is 20.1. The van der Waals surface area contributed by atoms with E-state index in [1.165, 1.54) is 11.1 Å². The Morgan fingerprint density at radius 2 is 1.62 bits per heavy atom. The Kier molecular flexibility index (Phi) is 14.7. The number of aliphatic imine (C=N–C) groups is 1. The molecule has 5 aromatic rings. The van der Waals surface area contributed by atoms with Crippen molar-refractivity contribution >= 4 is 56.1 Å². The molecule has 366 valence electrons. The first kappa shape index (κ1) is 50.1. The Bertz CT molecular complexity index is 2850. The van der Waals surface area contributed by atoms with E-state index in [2.05, 4.69) is 39.2 Å². The molecule has 3 aromatic carbocycles. The predicted octanol–water partition coefficient (Wildman–Crippen LogP) is 7.80. The maximum atomic E-state index is 14.2. The lowest BCUT2D eigenvalue weighted by atomic mass is 9.78. The molecule has 2 fully saturated rings. The minimum Gasteiger partial charge on any atom is -0.490 e. The highest BCUT2D eigenvalue weighted by atomic mass is 35.5. The largest absolute Gasteiger partial charge is 0.490 e. The van der Waals surface area contributed by atoms with Crippen LogP contribution in [0.1, 0.15) is 116 Å². The van der Waals surface area contributed by atoms with Gasteiger partial charge in [-0.2, -0.15) is 0 Å². The number of nitrogens with zero attached hydrogens (tertiary/aromatic N) is 5. The number of aromatic nitrogens is 3. The van der Waals surface area contributed by atoms with Crippen molar-refractivity contribution in [1.82, 2.24) is 30.3 Å². The van der Waals surface area contributed by atoms with E-state index in [0.29, 0.717) is 36.0 Å². The van der Waals surface area contributed by atoms with E-state index in [9.17, 15) is 27.9 Å². The van der Waals surface area contributed by atoms with Crippen LogP contribution in [0.5, 0.6) is 5.75 Å². The Balaban J connectivity index is 0.829. The third-order valence-electron chi connectivity index (χ3n) is 13.6. The van der Waals surface area contributed by atoms with Crippen LogP contribution in [0, 0.1) is 32.1 Å². The standard InChI is InChI=1S/C52H62ClN7O7S2/c1-29-31(3)68-51-46(29)47(36-11-15-37(53)16-12-36)55-44(49-58-57-32(4)60(49)51)26-39(61)21-34-22-42(23-34)67-41-17-9-33(10-18-41)24-45(63)56-48(52(5,6)7)50(64)59-28-40(62)25-38(59)27-54-30(2)35-13-19-43(20-14-35)69(8,65)66/h9-20,30,34,38,40,42,44,48,54,62H,21-28H2,1-8H3,(H,56,63)/t30-,34?,38+,40-,42?,44+,48-/m1/s1. The van der Waals surface area contributed by atoms with Gasteiger partial charge in [0.1, 0.15) is 34.4 Å². The van der Waals surface area contributed by atoms with E-state index < -0.39 is 33.4 Å². The van der Waals surface area contributed by atoms with Crippen molar-refractivity contribution < 1.29 is 32.6 Å². The van der Waals surface area contributed by atoms with Gasteiger partial charge in [0.25, 0.3) is 0 Å². The molecule has 14 nitrogen and oxygen atoms in total. The number of hydrogen-bond acceptors (Lipinski definition) is 12. The number of carbonyl (C=O) groups excluding carboxylic acids is 3. The van der Waals surface area contributed by atoms with E-state index in [4.69, 9.17) is 21.3 Å². The summed E-state index contributed by atoms with van der Waals surface area (Å²) in [7, 11) is -3.31. The number of ether oxygens (including phenoxy) is 1. The SMILES string of the molecule is Cc1sc2c(c1C)C(c1ccc(Cl)cc1)=N[C@@H](CC(=O)CC1CC(Oc3ccc(CC(=O)N[C@H](C(=O)N4C[C@H](O)C[C@H]4CN[C@H](C)c4ccc(S(C)(=O)=O)cc4)C(C)(C)C)cc3)C1)c1nnc(C)n1-2. The van der Waals surface area contributed by atoms with E-state index in [0.717, 1.165) is 57.2 Å². The molecule has 0 spiro atoms. The smallest absolute Gasteiger partial charge is 0.246 e. The molecular formula is C52H62ClN7O7S2. The van der Waals surface area contributed by atoms with Crippen LogP contribution in [0.25, 0.3) is 5.00 Å². The Hall–Kier alpha value is -5.26. The van der Waals surface area contributed by atoms with Crippen LogP contribution in [0.15, 0.2) is 82.7 Å². The van der Waals surface area contributed by atoms with Crippen molar-refractivity contribution in [2.75, 3.05) is 19.3 Å². The fraction of sp³-hybridized carbons (Fsp3) is 0.462. The number of hydrogen-bond donors (Lipinski definition) is 3. The number of ketones is 1. The van der Waals surface area contributed by atoms with Gasteiger partial charge in [-0.1, -0.05) is 68.8 Å². The molecule has 69 heavy (non-hydrogen) atoms. The van der Waals surface area contributed by atoms with E-state index >= 15 is 0 Å². The van der Waals surface area contributed by atoms with Crippen LogP contribution in [0.4, 0.5) is 0 Å². The summed E-state index contributed by atoms with van der Waals surface area (Å²) in [5, 5.41) is 27.8. The number of carbonyl (C=O) groups is 3. The number of fused-ring (bicyclic) bond motifs is 3. The molecular weight excluding hydrogens is 934 g/mol. The minimum absolute atomic E-state index is 0.0318. The first-order chi connectivity index (χ1) is 32.6. The molecule has 0 radical (unpaired) electrons. The summed E-state index contributed by atoms with van der Waals surface area (Å²) >= 11 is 7.95. The number of β-amino-alcohol motifs (C(OH)–C–C–N with tert-alkyl or cyclic N) is 1. The Morgan fingerprint density at radius 1 is 0.942 bits per heavy atom. The number of benzene rings is 3. The molecule has 2 aromatic heterocycles. The maximum Gasteiger partial charge on any atom is 0.246 e. The van der Waals surface area contributed by atoms with Crippen LogP contribution < -0.4 is 15.4 Å². The number of sulfone groups is 1. The molecule has 5 atom stereocenters. The molecule has 0 unspecified atom stereocenters. The summed E-state index contributed by atoms with van der Waals surface area (Å²) in [6.45, 7) is 14.4. The first-order valence-corrected chi connectivity index (χ1v) is 26.7. The number of aliphatic hydroxyl groups excluding tert-OH is 1. The third-order valence-corrected chi connectivity index (χ3v) is 16.2. The number of amides is 2. The van der Waals surface area contributed by atoms with Crippen molar-refractivity contribution in [1.29, 1.82) is 0 Å². The van der Waals surface area contributed by atoms with Gasteiger partial charge in [0.15, 0.2) is 15.7 Å². The second-order valence-corrected chi connectivity index (χ2v) is 23.8. The average molecular weight is 997 g/mol. The summed E-state index contributed by atoms with van der Waals surface area (Å²) in [5.41, 5.74) is 4.96. The van der Waals surface area contributed by atoms with Crippen molar-refractivity contribution in [3.63, 3.8) is 0 Å². The molecule has 2 amide bonds. The van der Waals surface area contributed by atoms with Gasteiger partial charge < -0.3 is 25.4 Å².